The summed E-state index contributed by atoms with van der Waals surface area (Å²) in [7, 11) is 1.72. The summed E-state index contributed by atoms with van der Waals surface area (Å²) in [4.78, 5) is 4.86. The summed E-state index contributed by atoms with van der Waals surface area (Å²) < 4.78 is 11.5. The minimum atomic E-state index is 0.149. The molecule has 1 aliphatic rings. The zero-order chi connectivity index (χ0) is 19.7. The van der Waals surface area contributed by atoms with Crippen molar-refractivity contribution in [1.82, 2.24) is 10.6 Å². The SMILES string of the molecule is CCNC(=NCC1CCCOC1C(C)(C)C)NCCc1ccccc1OC. The van der Waals surface area contributed by atoms with E-state index in [1.54, 1.807) is 7.11 Å². The molecule has 5 nitrogen and oxygen atoms in total. The molecule has 2 atom stereocenters. The Balaban J connectivity index is 1.93. The lowest BCUT2D eigenvalue weighted by Crippen LogP contribution is -2.43. The Kier molecular flexibility index (Phi) is 8.42. The second-order valence-corrected chi connectivity index (χ2v) is 8.27. The molecule has 0 amide bonds. The molecule has 2 rings (SSSR count). The number of methoxy groups -OCH3 is 1. The fraction of sp³-hybridized carbons (Fsp3) is 0.682. The fourth-order valence-electron chi connectivity index (χ4n) is 3.76. The van der Waals surface area contributed by atoms with Crippen molar-refractivity contribution in [3.63, 3.8) is 0 Å². The summed E-state index contributed by atoms with van der Waals surface area (Å²) in [6.45, 7) is 12.2. The Morgan fingerprint density at radius 1 is 1.26 bits per heavy atom. The van der Waals surface area contributed by atoms with E-state index < -0.39 is 0 Å². The van der Waals surface area contributed by atoms with Crippen molar-refractivity contribution in [2.45, 2.75) is 53.1 Å². The second-order valence-electron chi connectivity index (χ2n) is 8.27. The average molecular weight is 376 g/mol. The van der Waals surface area contributed by atoms with Crippen LogP contribution in [0.4, 0.5) is 0 Å². The molecule has 1 saturated heterocycles. The Morgan fingerprint density at radius 2 is 2.04 bits per heavy atom. The van der Waals surface area contributed by atoms with Crippen LogP contribution in [0.5, 0.6) is 5.75 Å². The first-order valence-corrected chi connectivity index (χ1v) is 10.2. The quantitative estimate of drug-likeness (QED) is 0.564. The van der Waals surface area contributed by atoms with Gasteiger partial charge >= 0.3 is 0 Å². The monoisotopic (exact) mass is 375 g/mol. The molecular weight excluding hydrogens is 338 g/mol. The molecule has 0 aliphatic carbocycles. The number of hydrogen-bond donors (Lipinski definition) is 2. The zero-order valence-electron chi connectivity index (χ0n) is 17.7. The van der Waals surface area contributed by atoms with Crippen molar-refractivity contribution in [2.24, 2.45) is 16.3 Å². The third-order valence-electron chi connectivity index (χ3n) is 5.01. The van der Waals surface area contributed by atoms with E-state index in [2.05, 4.69) is 44.4 Å². The minimum absolute atomic E-state index is 0.149. The summed E-state index contributed by atoms with van der Waals surface area (Å²) in [6.07, 6.45) is 3.48. The number of para-hydroxylation sites is 1. The number of nitrogens with one attached hydrogen (secondary N) is 2. The third kappa shape index (κ3) is 6.73. The smallest absolute Gasteiger partial charge is 0.191 e. The molecule has 2 N–H and O–H groups in total. The maximum atomic E-state index is 6.09. The zero-order valence-corrected chi connectivity index (χ0v) is 17.7. The maximum absolute atomic E-state index is 6.09. The molecule has 0 aromatic heterocycles. The van der Waals surface area contributed by atoms with Crippen LogP contribution in [0.2, 0.25) is 0 Å². The first-order chi connectivity index (χ1) is 13.0. The molecule has 1 fully saturated rings. The standard InChI is InChI=1S/C22H37N3O2/c1-6-23-21(24-14-13-17-10-7-8-12-19(17)26-5)25-16-18-11-9-15-27-20(18)22(2,3)4/h7-8,10,12,18,20H,6,9,11,13-16H2,1-5H3,(H2,23,24,25). The summed E-state index contributed by atoms with van der Waals surface area (Å²) in [5.74, 6) is 2.29. The molecule has 1 heterocycles. The average Bonchev–Trinajstić information content (AvgIpc) is 2.66. The van der Waals surface area contributed by atoms with Gasteiger partial charge in [0.05, 0.1) is 13.2 Å². The molecule has 5 heteroatoms. The van der Waals surface area contributed by atoms with E-state index in [0.29, 0.717) is 5.92 Å². The molecule has 0 bridgehead atoms. The van der Waals surface area contributed by atoms with Crippen molar-refractivity contribution in [3.8, 4) is 5.75 Å². The van der Waals surface area contributed by atoms with Crippen molar-refractivity contribution in [1.29, 1.82) is 0 Å². The molecule has 0 saturated carbocycles. The van der Waals surface area contributed by atoms with Gasteiger partial charge in [-0.1, -0.05) is 39.0 Å². The van der Waals surface area contributed by atoms with Crippen molar-refractivity contribution >= 4 is 5.96 Å². The van der Waals surface area contributed by atoms with Crippen LogP contribution < -0.4 is 15.4 Å². The summed E-state index contributed by atoms with van der Waals surface area (Å²) in [5.41, 5.74) is 1.35. The number of guanidine groups is 1. The lowest BCUT2D eigenvalue weighted by atomic mass is 9.78. The highest BCUT2D eigenvalue weighted by atomic mass is 16.5. The fourth-order valence-corrected chi connectivity index (χ4v) is 3.76. The van der Waals surface area contributed by atoms with Crippen LogP contribution >= 0.6 is 0 Å². The van der Waals surface area contributed by atoms with E-state index in [9.17, 15) is 0 Å². The first-order valence-electron chi connectivity index (χ1n) is 10.2. The van der Waals surface area contributed by atoms with Gasteiger partial charge < -0.3 is 20.1 Å². The van der Waals surface area contributed by atoms with E-state index in [-0.39, 0.29) is 11.5 Å². The second kappa shape index (κ2) is 10.5. The highest BCUT2D eigenvalue weighted by molar-refractivity contribution is 5.79. The number of hydrogen-bond acceptors (Lipinski definition) is 3. The Hall–Kier alpha value is -1.75. The van der Waals surface area contributed by atoms with Crippen molar-refractivity contribution < 1.29 is 9.47 Å². The largest absolute Gasteiger partial charge is 0.496 e. The molecule has 1 aromatic rings. The lowest BCUT2D eigenvalue weighted by molar-refractivity contribution is -0.0823. The van der Waals surface area contributed by atoms with Gasteiger partial charge in [0.15, 0.2) is 5.96 Å². The van der Waals surface area contributed by atoms with Gasteiger partial charge in [-0.25, -0.2) is 0 Å². The number of benzene rings is 1. The molecule has 27 heavy (non-hydrogen) atoms. The van der Waals surface area contributed by atoms with Crippen LogP contribution in [0.15, 0.2) is 29.3 Å². The number of nitrogens with zero attached hydrogens (tertiary/aromatic N) is 1. The van der Waals surface area contributed by atoms with Crippen molar-refractivity contribution in [2.75, 3.05) is 33.4 Å². The minimum Gasteiger partial charge on any atom is -0.496 e. The molecule has 1 aliphatic heterocycles. The highest BCUT2D eigenvalue weighted by Gasteiger charge is 2.35. The maximum Gasteiger partial charge on any atom is 0.191 e. The lowest BCUT2D eigenvalue weighted by Gasteiger charge is -2.39. The summed E-state index contributed by atoms with van der Waals surface area (Å²) in [6, 6.07) is 8.16. The van der Waals surface area contributed by atoms with Crippen LogP contribution in [0.3, 0.4) is 0 Å². The number of aliphatic imine (C=N–C) groups is 1. The van der Waals surface area contributed by atoms with Crippen LogP contribution in [-0.2, 0) is 11.2 Å². The molecular formula is C22H37N3O2. The van der Waals surface area contributed by atoms with Gasteiger partial charge in [0.25, 0.3) is 0 Å². The molecule has 0 spiro atoms. The summed E-state index contributed by atoms with van der Waals surface area (Å²) >= 11 is 0. The third-order valence-corrected chi connectivity index (χ3v) is 5.01. The summed E-state index contributed by atoms with van der Waals surface area (Å²) in [5, 5.41) is 6.81. The van der Waals surface area contributed by atoms with Crippen LogP contribution in [0, 0.1) is 11.3 Å². The van der Waals surface area contributed by atoms with Gasteiger partial charge in [-0.05, 0) is 43.2 Å². The van der Waals surface area contributed by atoms with E-state index in [4.69, 9.17) is 14.5 Å². The predicted octanol–water partition coefficient (Wildman–Crippen LogP) is 3.63. The number of rotatable bonds is 7. The van der Waals surface area contributed by atoms with E-state index in [1.165, 1.54) is 12.0 Å². The Morgan fingerprint density at radius 3 is 2.74 bits per heavy atom. The molecule has 152 valence electrons. The van der Waals surface area contributed by atoms with Crippen LogP contribution in [-0.4, -0.2) is 45.4 Å². The van der Waals surface area contributed by atoms with Gasteiger partial charge in [-0.15, -0.1) is 0 Å². The highest BCUT2D eigenvalue weighted by Crippen LogP contribution is 2.34. The Bertz CT molecular complexity index is 595. The van der Waals surface area contributed by atoms with E-state index in [0.717, 1.165) is 50.8 Å². The molecule has 1 aromatic carbocycles. The van der Waals surface area contributed by atoms with Gasteiger partial charge in [-0.2, -0.15) is 0 Å². The predicted molar refractivity (Wildman–Crippen MR) is 113 cm³/mol. The first kappa shape index (κ1) is 21.5. The normalized spacial score (nSPS) is 21.0. The van der Waals surface area contributed by atoms with Gasteiger partial charge in [0.2, 0.25) is 0 Å². The van der Waals surface area contributed by atoms with Crippen LogP contribution in [0.1, 0.15) is 46.1 Å². The van der Waals surface area contributed by atoms with Gasteiger partial charge in [-0.3, -0.25) is 4.99 Å². The van der Waals surface area contributed by atoms with E-state index in [1.807, 2.05) is 18.2 Å². The van der Waals surface area contributed by atoms with Crippen LogP contribution in [0.25, 0.3) is 0 Å². The van der Waals surface area contributed by atoms with E-state index >= 15 is 0 Å². The Labute approximate surface area is 164 Å². The van der Waals surface area contributed by atoms with Crippen molar-refractivity contribution in [3.05, 3.63) is 29.8 Å². The van der Waals surface area contributed by atoms with Gasteiger partial charge in [0.1, 0.15) is 5.75 Å². The van der Waals surface area contributed by atoms with Gasteiger partial charge in [0, 0.05) is 32.2 Å². The topological polar surface area (TPSA) is 54.9 Å². The molecule has 0 radical (unpaired) electrons. The number of ether oxygens (including phenoxy) is 2. The molecule has 2 unspecified atom stereocenters.